The van der Waals surface area contributed by atoms with E-state index >= 15 is 0 Å². The average molecular weight is 448 g/mol. The number of benzene rings is 3. The Morgan fingerprint density at radius 1 is 0.677 bits per heavy atom. The summed E-state index contributed by atoms with van der Waals surface area (Å²) in [5.74, 6) is -2.12. The van der Waals surface area contributed by atoms with Gasteiger partial charge in [0, 0.05) is 0 Å². The van der Waals surface area contributed by atoms with Crippen molar-refractivity contribution in [2.24, 2.45) is 11.8 Å². The van der Waals surface area contributed by atoms with Gasteiger partial charge in [0.05, 0.1) is 17.5 Å². The highest BCUT2D eigenvalue weighted by Crippen LogP contribution is 2.69. The summed E-state index contributed by atoms with van der Waals surface area (Å²) in [7, 11) is 0. The number of carbonyl (C=O) groups excluding carboxylic acids is 2. The van der Waals surface area contributed by atoms with Crippen molar-refractivity contribution in [2.75, 3.05) is 4.90 Å². The van der Waals surface area contributed by atoms with Crippen LogP contribution in [0.25, 0.3) is 0 Å². The van der Waals surface area contributed by atoms with E-state index in [0.717, 1.165) is 33.4 Å². The maximum atomic E-state index is 13.9. The number of hydrogen-bond acceptors (Lipinski definition) is 2. The molecule has 3 aromatic carbocycles. The Bertz CT molecular complexity index is 1190. The molecular formula is C26H19Cl2NO2. The predicted octanol–water partition coefficient (Wildman–Crippen LogP) is 5.40. The molecule has 0 saturated carbocycles. The Kier molecular flexibility index (Phi) is 3.69. The zero-order valence-corrected chi connectivity index (χ0v) is 18.5. The normalized spacial score (nSPS) is 30.3. The number of nitrogens with zero attached hydrogens (tertiary/aromatic N) is 1. The molecule has 7 rings (SSSR count). The van der Waals surface area contributed by atoms with Gasteiger partial charge in [0.2, 0.25) is 11.8 Å². The first-order valence-electron chi connectivity index (χ1n) is 10.3. The van der Waals surface area contributed by atoms with Crippen LogP contribution in [0.5, 0.6) is 0 Å². The number of hydrogen-bond donors (Lipinski definition) is 0. The van der Waals surface area contributed by atoms with Gasteiger partial charge in [0.1, 0.15) is 9.75 Å². The van der Waals surface area contributed by atoms with Crippen molar-refractivity contribution in [3.63, 3.8) is 0 Å². The van der Waals surface area contributed by atoms with Gasteiger partial charge < -0.3 is 0 Å². The topological polar surface area (TPSA) is 37.4 Å². The van der Waals surface area contributed by atoms with Crippen LogP contribution in [-0.4, -0.2) is 11.8 Å². The third-order valence-corrected chi connectivity index (χ3v) is 8.69. The molecule has 5 heteroatoms. The number of alkyl halides is 2. The van der Waals surface area contributed by atoms with Crippen LogP contribution in [0.2, 0.25) is 0 Å². The van der Waals surface area contributed by atoms with E-state index in [2.05, 4.69) is 0 Å². The molecule has 0 N–H and O–H groups in total. The van der Waals surface area contributed by atoms with Crippen LogP contribution < -0.4 is 4.90 Å². The third kappa shape index (κ3) is 2.02. The lowest BCUT2D eigenvalue weighted by atomic mass is 9.54. The number of halogens is 2. The van der Waals surface area contributed by atoms with Crippen molar-refractivity contribution < 1.29 is 9.59 Å². The van der Waals surface area contributed by atoms with E-state index in [1.54, 1.807) is 0 Å². The van der Waals surface area contributed by atoms with Gasteiger partial charge in [-0.05, 0) is 53.3 Å². The quantitative estimate of drug-likeness (QED) is 0.369. The summed E-state index contributed by atoms with van der Waals surface area (Å²) >= 11 is 14.9. The van der Waals surface area contributed by atoms with Crippen LogP contribution in [0.15, 0.2) is 66.7 Å². The number of rotatable bonds is 1. The zero-order valence-electron chi connectivity index (χ0n) is 17.0. The molecule has 2 bridgehead atoms. The minimum atomic E-state index is -1.15. The maximum Gasteiger partial charge on any atom is 0.240 e. The lowest BCUT2D eigenvalue weighted by molar-refractivity contribution is -0.122. The fourth-order valence-electron chi connectivity index (χ4n) is 5.88. The van der Waals surface area contributed by atoms with Gasteiger partial charge in [0.15, 0.2) is 0 Å². The van der Waals surface area contributed by atoms with Crippen LogP contribution >= 0.6 is 23.2 Å². The molecule has 0 spiro atoms. The molecule has 3 aliphatic carbocycles. The van der Waals surface area contributed by atoms with E-state index in [4.69, 9.17) is 23.2 Å². The summed E-state index contributed by atoms with van der Waals surface area (Å²) in [6.07, 6.45) is 0. The second kappa shape index (κ2) is 5.99. The summed E-state index contributed by atoms with van der Waals surface area (Å²) < 4.78 is 0. The maximum absolute atomic E-state index is 13.9. The summed E-state index contributed by atoms with van der Waals surface area (Å²) in [6, 6.07) is 21.0. The monoisotopic (exact) mass is 447 g/mol. The van der Waals surface area contributed by atoms with Gasteiger partial charge in [-0.15, -0.1) is 23.2 Å². The van der Waals surface area contributed by atoms with Crippen molar-refractivity contribution in [3.8, 4) is 0 Å². The van der Waals surface area contributed by atoms with Crippen molar-refractivity contribution >= 4 is 40.7 Å². The Balaban J connectivity index is 1.67. The molecule has 1 fully saturated rings. The molecule has 1 heterocycles. The van der Waals surface area contributed by atoms with E-state index in [1.165, 1.54) is 4.90 Å². The van der Waals surface area contributed by atoms with Gasteiger partial charge in [-0.1, -0.05) is 60.7 Å². The highest BCUT2D eigenvalue weighted by atomic mass is 35.5. The Morgan fingerprint density at radius 2 is 1.10 bits per heavy atom. The molecule has 0 radical (unpaired) electrons. The van der Waals surface area contributed by atoms with Crippen molar-refractivity contribution in [1.82, 2.24) is 0 Å². The molecule has 2 amide bonds. The molecule has 1 saturated heterocycles. The highest BCUT2D eigenvalue weighted by Gasteiger charge is 2.73. The summed E-state index contributed by atoms with van der Waals surface area (Å²) in [4.78, 5) is 26.9. The summed E-state index contributed by atoms with van der Waals surface area (Å²) in [5, 5.41) is 0. The van der Waals surface area contributed by atoms with Gasteiger partial charge >= 0.3 is 0 Å². The highest BCUT2D eigenvalue weighted by molar-refractivity contribution is 6.38. The van der Waals surface area contributed by atoms with Crippen LogP contribution in [0.4, 0.5) is 5.69 Å². The molecule has 3 aromatic rings. The first-order chi connectivity index (χ1) is 14.8. The Morgan fingerprint density at radius 3 is 1.52 bits per heavy atom. The van der Waals surface area contributed by atoms with E-state index in [9.17, 15) is 9.59 Å². The first-order valence-corrected chi connectivity index (χ1v) is 11.1. The van der Waals surface area contributed by atoms with E-state index in [-0.39, 0.29) is 11.8 Å². The van der Waals surface area contributed by atoms with E-state index < -0.39 is 21.6 Å². The molecule has 31 heavy (non-hydrogen) atoms. The van der Waals surface area contributed by atoms with Gasteiger partial charge in [0.25, 0.3) is 0 Å². The largest absolute Gasteiger partial charge is 0.274 e. The van der Waals surface area contributed by atoms with Gasteiger partial charge in [-0.3, -0.25) is 9.59 Å². The fraction of sp³-hybridized carbons (Fsp3) is 0.231. The third-order valence-electron chi connectivity index (χ3n) is 7.40. The van der Waals surface area contributed by atoms with Crippen molar-refractivity contribution in [3.05, 3.63) is 100 Å². The number of anilines is 1. The van der Waals surface area contributed by atoms with Gasteiger partial charge in [-0.25, -0.2) is 4.90 Å². The Labute approximate surface area is 190 Å². The van der Waals surface area contributed by atoms with Crippen molar-refractivity contribution in [2.45, 2.75) is 23.6 Å². The first kappa shape index (κ1) is 19.1. The number of imide groups is 1. The number of carbonyl (C=O) groups is 2. The lowest BCUT2D eigenvalue weighted by Gasteiger charge is -2.54. The molecule has 4 aliphatic rings. The predicted molar refractivity (Wildman–Crippen MR) is 122 cm³/mol. The molecule has 2 atom stereocenters. The average Bonchev–Trinajstić information content (AvgIpc) is 3.05. The SMILES string of the molecule is Cc1cccc(N2C(=O)[C@H]3[C@H](C2=O)C2(Cl)c4ccccc4C3(Cl)c3ccccc32)c1C. The Hall–Kier alpha value is -2.62. The molecule has 1 aliphatic heterocycles. The van der Waals surface area contributed by atoms with Gasteiger partial charge in [-0.2, -0.15) is 0 Å². The second-order valence-electron chi connectivity index (χ2n) is 8.70. The van der Waals surface area contributed by atoms with Crippen LogP contribution in [0.3, 0.4) is 0 Å². The number of amides is 2. The lowest BCUT2D eigenvalue weighted by Crippen LogP contribution is -2.57. The van der Waals surface area contributed by atoms with Crippen LogP contribution in [0, 0.1) is 25.7 Å². The van der Waals surface area contributed by atoms with Crippen LogP contribution in [-0.2, 0) is 19.3 Å². The number of aryl methyl sites for hydroxylation is 1. The summed E-state index contributed by atoms with van der Waals surface area (Å²) in [5.41, 5.74) is 5.79. The molecule has 154 valence electrons. The van der Waals surface area contributed by atoms with E-state index in [1.807, 2.05) is 80.6 Å². The molecule has 0 aromatic heterocycles. The molecular weight excluding hydrogens is 429 g/mol. The zero-order chi connectivity index (χ0) is 21.7. The minimum absolute atomic E-state index is 0.285. The fourth-order valence-corrected chi connectivity index (χ4v) is 6.98. The second-order valence-corrected chi connectivity index (χ2v) is 9.89. The standard InChI is InChI=1S/C26H19Cl2NO2/c1-14-8-7-13-20(15(14)2)29-23(30)21-22(24(29)31)26(28)17-10-4-3-9-16(17)25(21,27)18-11-5-6-12-19(18)26/h3-13,21-22H,1-2H3/t21-,22-,25?,26?/m1/s1. The molecule has 3 nitrogen and oxygen atoms in total. The minimum Gasteiger partial charge on any atom is -0.274 e. The van der Waals surface area contributed by atoms with E-state index in [0.29, 0.717) is 5.69 Å². The molecule has 0 unspecified atom stereocenters. The van der Waals surface area contributed by atoms with Crippen LogP contribution in [0.1, 0.15) is 33.4 Å². The van der Waals surface area contributed by atoms with Crippen molar-refractivity contribution in [1.29, 1.82) is 0 Å². The smallest absolute Gasteiger partial charge is 0.240 e. The summed E-state index contributed by atoms with van der Waals surface area (Å²) in [6.45, 7) is 3.90.